The van der Waals surface area contributed by atoms with Crippen LogP contribution in [-0.4, -0.2) is 35.6 Å². The molecule has 1 N–H and O–H groups in total. The Morgan fingerprint density at radius 2 is 2.00 bits per heavy atom. The van der Waals surface area contributed by atoms with Gasteiger partial charge in [-0.15, -0.1) is 6.58 Å². The van der Waals surface area contributed by atoms with Gasteiger partial charge in [0.25, 0.3) is 0 Å². The Kier molecular flexibility index (Phi) is 3.38. The van der Waals surface area contributed by atoms with Crippen LogP contribution < -0.4 is 5.32 Å². The zero-order chi connectivity index (χ0) is 10.8. The first-order valence-corrected chi connectivity index (χ1v) is 5.48. The fourth-order valence-corrected chi connectivity index (χ4v) is 2.08. The third-order valence-corrected chi connectivity index (χ3v) is 3.13. The molecule has 1 aliphatic heterocycles. The van der Waals surface area contributed by atoms with Crippen LogP contribution in [0.5, 0.6) is 0 Å². The van der Waals surface area contributed by atoms with E-state index in [1.807, 2.05) is 6.08 Å². The molecule has 0 unspecified atom stereocenters. The second-order valence-corrected chi connectivity index (χ2v) is 5.54. The first kappa shape index (κ1) is 11.7. The predicted molar refractivity (Wildman–Crippen MR) is 62.5 cm³/mol. The zero-order valence-corrected chi connectivity index (χ0v) is 10.1. The smallest absolute Gasteiger partial charge is 0.0252 e. The lowest BCUT2D eigenvalue weighted by atomic mass is 9.97. The maximum atomic E-state index is 3.84. The van der Waals surface area contributed by atoms with Crippen molar-refractivity contribution in [3.05, 3.63) is 12.7 Å². The highest BCUT2D eigenvalue weighted by atomic mass is 15.2. The fourth-order valence-electron chi connectivity index (χ4n) is 2.08. The van der Waals surface area contributed by atoms with Crippen molar-refractivity contribution in [3.63, 3.8) is 0 Å². The van der Waals surface area contributed by atoms with Gasteiger partial charge < -0.3 is 5.32 Å². The molecule has 2 heteroatoms. The maximum Gasteiger partial charge on any atom is 0.0252 e. The minimum absolute atomic E-state index is 0.219. The van der Waals surface area contributed by atoms with Gasteiger partial charge in [0.2, 0.25) is 0 Å². The van der Waals surface area contributed by atoms with E-state index in [4.69, 9.17) is 0 Å². The van der Waals surface area contributed by atoms with Crippen molar-refractivity contribution in [2.45, 2.75) is 45.2 Å². The van der Waals surface area contributed by atoms with Gasteiger partial charge in [-0.2, -0.15) is 0 Å². The molecule has 0 saturated carbocycles. The van der Waals surface area contributed by atoms with Crippen LogP contribution in [0.4, 0.5) is 0 Å². The highest BCUT2D eigenvalue weighted by molar-refractivity contribution is 4.95. The Balaban J connectivity index is 2.77. The summed E-state index contributed by atoms with van der Waals surface area (Å²) in [5.74, 6) is 0. The summed E-state index contributed by atoms with van der Waals surface area (Å²) in [4.78, 5) is 2.51. The number of nitrogens with zero attached hydrogens (tertiary/aromatic N) is 1. The zero-order valence-electron chi connectivity index (χ0n) is 10.1. The average Bonchev–Trinajstić information content (AvgIpc) is 2.10. The van der Waals surface area contributed by atoms with Gasteiger partial charge in [-0.1, -0.05) is 6.08 Å². The van der Waals surface area contributed by atoms with Crippen molar-refractivity contribution in [3.8, 4) is 0 Å². The van der Waals surface area contributed by atoms with Gasteiger partial charge in [-0.05, 0) is 40.7 Å². The van der Waals surface area contributed by atoms with Crippen molar-refractivity contribution in [1.82, 2.24) is 10.2 Å². The summed E-state index contributed by atoms with van der Waals surface area (Å²) in [7, 11) is 0. The van der Waals surface area contributed by atoms with Crippen LogP contribution in [0, 0.1) is 0 Å². The van der Waals surface area contributed by atoms with Crippen LogP contribution >= 0.6 is 0 Å². The molecular weight excluding hydrogens is 172 g/mol. The van der Waals surface area contributed by atoms with Gasteiger partial charge in [-0.3, -0.25) is 4.90 Å². The monoisotopic (exact) mass is 196 g/mol. The largest absolute Gasteiger partial charge is 0.310 e. The molecule has 0 aromatic heterocycles. The molecule has 0 amide bonds. The lowest BCUT2D eigenvalue weighted by molar-refractivity contribution is 0.122. The average molecular weight is 196 g/mol. The molecule has 1 saturated heterocycles. The molecule has 82 valence electrons. The lowest BCUT2D eigenvalue weighted by Crippen LogP contribution is -2.50. The van der Waals surface area contributed by atoms with E-state index in [0.29, 0.717) is 0 Å². The Morgan fingerprint density at radius 3 is 2.57 bits per heavy atom. The van der Waals surface area contributed by atoms with Crippen molar-refractivity contribution in [2.24, 2.45) is 0 Å². The van der Waals surface area contributed by atoms with Gasteiger partial charge >= 0.3 is 0 Å². The molecule has 14 heavy (non-hydrogen) atoms. The lowest BCUT2D eigenvalue weighted by Gasteiger charge is -2.38. The highest BCUT2D eigenvalue weighted by Gasteiger charge is 2.33. The van der Waals surface area contributed by atoms with Gasteiger partial charge in [0.05, 0.1) is 0 Å². The van der Waals surface area contributed by atoms with E-state index in [0.717, 1.165) is 19.6 Å². The van der Waals surface area contributed by atoms with Gasteiger partial charge in [0, 0.05) is 24.2 Å². The minimum atomic E-state index is 0.219. The van der Waals surface area contributed by atoms with E-state index >= 15 is 0 Å². The number of nitrogens with one attached hydrogen (secondary N) is 1. The third kappa shape index (κ3) is 2.82. The topological polar surface area (TPSA) is 15.3 Å². The SMILES string of the molecule is C=CCN1CC(C)(C)NCCC1(C)C. The normalized spacial score (nSPS) is 26.9. The third-order valence-electron chi connectivity index (χ3n) is 3.13. The molecule has 1 heterocycles. The molecule has 2 nitrogen and oxygen atoms in total. The standard InChI is InChI=1S/C12H24N2/c1-6-9-14-10-11(2,3)13-8-7-12(14,4)5/h6,13H,1,7-10H2,2-5H3. The Bertz CT molecular complexity index is 206. The van der Waals surface area contributed by atoms with Crippen LogP contribution in [0.15, 0.2) is 12.7 Å². The molecule has 0 radical (unpaired) electrons. The summed E-state index contributed by atoms with van der Waals surface area (Å²) < 4.78 is 0. The summed E-state index contributed by atoms with van der Waals surface area (Å²) in [6.45, 7) is 16.2. The minimum Gasteiger partial charge on any atom is -0.310 e. The summed E-state index contributed by atoms with van der Waals surface area (Å²) in [5.41, 5.74) is 0.506. The predicted octanol–water partition coefficient (Wildman–Crippen LogP) is 2.02. The van der Waals surface area contributed by atoms with Crippen LogP contribution in [-0.2, 0) is 0 Å². The molecule has 0 bridgehead atoms. The Labute approximate surface area is 88.4 Å². The second kappa shape index (κ2) is 4.03. The van der Waals surface area contributed by atoms with Crippen LogP contribution in [0.25, 0.3) is 0 Å². The molecule has 0 aromatic carbocycles. The van der Waals surface area contributed by atoms with Crippen molar-refractivity contribution in [1.29, 1.82) is 0 Å². The summed E-state index contributed by atoms with van der Waals surface area (Å²) >= 11 is 0. The Morgan fingerprint density at radius 1 is 1.36 bits per heavy atom. The molecule has 1 rings (SSSR count). The molecule has 0 spiro atoms. The number of hydrogen-bond acceptors (Lipinski definition) is 2. The van der Waals surface area contributed by atoms with E-state index in [-0.39, 0.29) is 11.1 Å². The van der Waals surface area contributed by atoms with E-state index in [1.54, 1.807) is 0 Å². The van der Waals surface area contributed by atoms with Crippen molar-refractivity contribution >= 4 is 0 Å². The van der Waals surface area contributed by atoms with Crippen LogP contribution in [0.3, 0.4) is 0 Å². The summed E-state index contributed by atoms with van der Waals surface area (Å²) in [6.07, 6.45) is 3.20. The molecule has 1 aliphatic rings. The van der Waals surface area contributed by atoms with Crippen molar-refractivity contribution in [2.75, 3.05) is 19.6 Å². The van der Waals surface area contributed by atoms with E-state index in [2.05, 4.69) is 44.5 Å². The van der Waals surface area contributed by atoms with Gasteiger partial charge in [0.15, 0.2) is 0 Å². The van der Waals surface area contributed by atoms with Crippen molar-refractivity contribution < 1.29 is 0 Å². The van der Waals surface area contributed by atoms with Crippen LogP contribution in [0.2, 0.25) is 0 Å². The molecule has 0 aromatic rings. The molecule has 0 aliphatic carbocycles. The quantitative estimate of drug-likeness (QED) is 0.680. The van der Waals surface area contributed by atoms with E-state index < -0.39 is 0 Å². The molecule has 1 fully saturated rings. The van der Waals surface area contributed by atoms with Gasteiger partial charge in [-0.25, -0.2) is 0 Å². The van der Waals surface area contributed by atoms with E-state index in [9.17, 15) is 0 Å². The van der Waals surface area contributed by atoms with Gasteiger partial charge in [0.1, 0.15) is 0 Å². The first-order chi connectivity index (χ1) is 6.37. The Hall–Kier alpha value is -0.340. The fraction of sp³-hybridized carbons (Fsp3) is 0.833. The number of hydrogen-bond donors (Lipinski definition) is 1. The first-order valence-electron chi connectivity index (χ1n) is 5.48. The highest BCUT2D eigenvalue weighted by Crippen LogP contribution is 2.24. The summed E-state index contributed by atoms with van der Waals surface area (Å²) in [6, 6.07) is 0. The second-order valence-electron chi connectivity index (χ2n) is 5.54. The molecular formula is C12H24N2. The molecule has 0 atom stereocenters. The van der Waals surface area contributed by atoms with E-state index in [1.165, 1.54) is 6.42 Å². The number of rotatable bonds is 2. The van der Waals surface area contributed by atoms with Crippen LogP contribution in [0.1, 0.15) is 34.1 Å². The maximum absolute atomic E-state index is 3.84. The summed E-state index contributed by atoms with van der Waals surface area (Å²) in [5, 5.41) is 3.59.